The second-order valence-electron chi connectivity index (χ2n) is 4.14. The van der Waals surface area contributed by atoms with Gasteiger partial charge in [0.1, 0.15) is 5.82 Å². The number of halogens is 1. The molecule has 0 aliphatic rings. The number of hydrogen-bond donors (Lipinski definition) is 1. The molecule has 0 aromatic carbocycles. The van der Waals surface area contributed by atoms with Gasteiger partial charge in [-0.15, -0.1) is 6.58 Å². The van der Waals surface area contributed by atoms with Crippen molar-refractivity contribution in [2.24, 2.45) is 0 Å². The Hall–Kier alpha value is -0.910. The number of pyridine rings is 1. The molecule has 19 heavy (non-hydrogen) atoms. The lowest BCUT2D eigenvalue weighted by molar-refractivity contribution is 0.205. The summed E-state index contributed by atoms with van der Waals surface area (Å²) in [5, 5.41) is 3.34. The SMILES string of the molecule is C=CCN(CCOC)c1ncc(Br)cc1CNCC. The molecule has 0 radical (unpaired) electrons. The molecule has 0 amide bonds. The third-order valence-electron chi connectivity index (χ3n) is 2.69. The minimum absolute atomic E-state index is 0.673. The topological polar surface area (TPSA) is 37.4 Å². The van der Waals surface area contributed by atoms with Crippen LogP contribution in [0.15, 0.2) is 29.4 Å². The maximum absolute atomic E-state index is 5.16. The van der Waals surface area contributed by atoms with E-state index in [0.717, 1.165) is 36.5 Å². The van der Waals surface area contributed by atoms with Gasteiger partial charge in [-0.3, -0.25) is 0 Å². The number of rotatable bonds is 9. The number of nitrogens with zero attached hydrogens (tertiary/aromatic N) is 2. The quantitative estimate of drug-likeness (QED) is 0.707. The van der Waals surface area contributed by atoms with Gasteiger partial charge in [0.05, 0.1) is 6.61 Å². The van der Waals surface area contributed by atoms with Gasteiger partial charge < -0.3 is 15.0 Å². The van der Waals surface area contributed by atoms with Crippen molar-refractivity contribution in [1.29, 1.82) is 0 Å². The summed E-state index contributed by atoms with van der Waals surface area (Å²) in [6, 6.07) is 2.11. The van der Waals surface area contributed by atoms with Gasteiger partial charge in [-0.2, -0.15) is 0 Å². The molecule has 4 nitrogen and oxygen atoms in total. The van der Waals surface area contributed by atoms with Crippen LogP contribution in [0.4, 0.5) is 5.82 Å². The van der Waals surface area contributed by atoms with Crippen LogP contribution in [0.3, 0.4) is 0 Å². The second-order valence-corrected chi connectivity index (χ2v) is 5.06. The molecule has 1 rings (SSSR count). The Bertz CT molecular complexity index is 398. The first-order valence-electron chi connectivity index (χ1n) is 6.42. The zero-order chi connectivity index (χ0) is 14.1. The van der Waals surface area contributed by atoms with Gasteiger partial charge in [0.25, 0.3) is 0 Å². The van der Waals surface area contributed by atoms with Crippen molar-refractivity contribution < 1.29 is 4.74 Å². The predicted octanol–water partition coefficient (Wildman–Crippen LogP) is 2.59. The van der Waals surface area contributed by atoms with Crippen molar-refractivity contribution in [2.75, 3.05) is 38.3 Å². The molecule has 0 bridgehead atoms. The van der Waals surface area contributed by atoms with Crippen molar-refractivity contribution in [2.45, 2.75) is 13.5 Å². The maximum Gasteiger partial charge on any atom is 0.133 e. The zero-order valence-electron chi connectivity index (χ0n) is 11.7. The van der Waals surface area contributed by atoms with Crippen LogP contribution in [0.1, 0.15) is 12.5 Å². The average Bonchev–Trinajstić information content (AvgIpc) is 2.41. The summed E-state index contributed by atoms with van der Waals surface area (Å²) in [6.45, 7) is 9.88. The van der Waals surface area contributed by atoms with Crippen molar-refractivity contribution in [3.63, 3.8) is 0 Å². The van der Waals surface area contributed by atoms with Crippen LogP contribution < -0.4 is 10.2 Å². The molecule has 1 N–H and O–H groups in total. The van der Waals surface area contributed by atoms with Gasteiger partial charge in [-0.25, -0.2) is 4.98 Å². The molecule has 0 saturated carbocycles. The lowest BCUT2D eigenvalue weighted by Crippen LogP contribution is -2.30. The largest absolute Gasteiger partial charge is 0.383 e. The van der Waals surface area contributed by atoms with Crippen LogP contribution in [0.5, 0.6) is 0 Å². The molecule has 1 aromatic rings. The standard InChI is InChI=1S/C14H22BrN3O/c1-4-6-18(7-8-19-3)14-12(10-16-5-2)9-13(15)11-17-14/h4,9,11,16H,1,5-8,10H2,2-3H3. The molecule has 0 spiro atoms. The van der Waals surface area contributed by atoms with Crippen LogP contribution >= 0.6 is 15.9 Å². The van der Waals surface area contributed by atoms with Crippen molar-refractivity contribution >= 4 is 21.7 Å². The fraction of sp³-hybridized carbons (Fsp3) is 0.500. The highest BCUT2D eigenvalue weighted by atomic mass is 79.9. The van der Waals surface area contributed by atoms with Crippen LogP contribution in [0.2, 0.25) is 0 Å². The van der Waals surface area contributed by atoms with E-state index in [1.807, 2.05) is 12.3 Å². The Kier molecular flexibility index (Phi) is 7.70. The van der Waals surface area contributed by atoms with E-state index in [1.165, 1.54) is 5.56 Å². The summed E-state index contributed by atoms with van der Waals surface area (Å²) in [7, 11) is 1.71. The average molecular weight is 328 g/mol. The minimum Gasteiger partial charge on any atom is -0.383 e. The minimum atomic E-state index is 0.673. The molecule has 1 heterocycles. The molecule has 0 fully saturated rings. The van der Waals surface area contributed by atoms with Crippen molar-refractivity contribution in [3.8, 4) is 0 Å². The van der Waals surface area contributed by atoms with Crippen LogP contribution in [0.25, 0.3) is 0 Å². The molecular formula is C14H22BrN3O. The Morgan fingerprint density at radius 3 is 3.00 bits per heavy atom. The number of anilines is 1. The molecule has 0 aliphatic carbocycles. The predicted molar refractivity (Wildman–Crippen MR) is 83.6 cm³/mol. The number of methoxy groups -OCH3 is 1. The Morgan fingerprint density at radius 2 is 2.37 bits per heavy atom. The van der Waals surface area contributed by atoms with E-state index in [9.17, 15) is 0 Å². The smallest absolute Gasteiger partial charge is 0.133 e. The fourth-order valence-corrected chi connectivity index (χ4v) is 2.17. The maximum atomic E-state index is 5.16. The molecular weight excluding hydrogens is 306 g/mol. The Labute approximate surface area is 124 Å². The summed E-state index contributed by atoms with van der Waals surface area (Å²) in [6.07, 6.45) is 3.71. The van der Waals surface area contributed by atoms with Gasteiger partial charge in [0.2, 0.25) is 0 Å². The fourth-order valence-electron chi connectivity index (χ4n) is 1.79. The molecule has 5 heteroatoms. The van der Waals surface area contributed by atoms with E-state index < -0.39 is 0 Å². The molecule has 0 atom stereocenters. The highest BCUT2D eigenvalue weighted by Crippen LogP contribution is 2.21. The third-order valence-corrected chi connectivity index (χ3v) is 3.12. The van der Waals surface area contributed by atoms with Crippen LogP contribution in [-0.2, 0) is 11.3 Å². The number of aromatic nitrogens is 1. The van der Waals surface area contributed by atoms with E-state index in [2.05, 4.69) is 50.7 Å². The number of hydrogen-bond acceptors (Lipinski definition) is 4. The van der Waals surface area contributed by atoms with Crippen molar-refractivity contribution in [3.05, 3.63) is 35.0 Å². The molecule has 1 aromatic heterocycles. The van der Waals surface area contributed by atoms with Crippen LogP contribution in [-0.4, -0.2) is 38.3 Å². The highest BCUT2D eigenvalue weighted by Gasteiger charge is 2.12. The molecule has 0 unspecified atom stereocenters. The number of ether oxygens (including phenoxy) is 1. The second kappa shape index (κ2) is 9.07. The number of nitrogens with one attached hydrogen (secondary N) is 1. The van der Waals surface area contributed by atoms with Gasteiger partial charge in [0, 0.05) is 43.0 Å². The Morgan fingerprint density at radius 1 is 1.58 bits per heavy atom. The lowest BCUT2D eigenvalue weighted by Gasteiger charge is -2.24. The van der Waals surface area contributed by atoms with Crippen molar-refractivity contribution in [1.82, 2.24) is 10.3 Å². The summed E-state index contributed by atoms with van der Waals surface area (Å²) in [5.41, 5.74) is 1.18. The summed E-state index contributed by atoms with van der Waals surface area (Å²) < 4.78 is 6.15. The van der Waals surface area contributed by atoms with Gasteiger partial charge >= 0.3 is 0 Å². The molecule has 106 valence electrons. The van der Waals surface area contributed by atoms with Gasteiger partial charge in [-0.05, 0) is 28.5 Å². The van der Waals surface area contributed by atoms with E-state index in [4.69, 9.17) is 4.74 Å². The Balaban J connectivity index is 2.94. The summed E-state index contributed by atoms with van der Waals surface area (Å²) in [4.78, 5) is 6.71. The first kappa shape index (κ1) is 16.1. The first-order valence-corrected chi connectivity index (χ1v) is 7.22. The monoisotopic (exact) mass is 327 g/mol. The van der Waals surface area contributed by atoms with E-state index in [-0.39, 0.29) is 0 Å². The van der Waals surface area contributed by atoms with E-state index in [0.29, 0.717) is 6.61 Å². The first-order chi connectivity index (χ1) is 9.22. The normalized spacial score (nSPS) is 10.5. The molecule has 0 saturated heterocycles. The third kappa shape index (κ3) is 5.30. The van der Waals surface area contributed by atoms with E-state index >= 15 is 0 Å². The van der Waals surface area contributed by atoms with Gasteiger partial charge in [-0.1, -0.05) is 13.0 Å². The molecule has 0 aliphatic heterocycles. The highest BCUT2D eigenvalue weighted by molar-refractivity contribution is 9.10. The van der Waals surface area contributed by atoms with Gasteiger partial charge in [0.15, 0.2) is 0 Å². The zero-order valence-corrected chi connectivity index (χ0v) is 13.2. The lowest BCUT2D eigenvalue weighted by atomic mass is 10.2. The van der Waals surface area contributed by atoms with Crippen LogP contribution in [0, 0.1) is 0 Å². The van der Waals surface area contributed by atoms with E-state index in [1.54, 1.807) is 7.11 Å². The summed E-state index contributed by atoms with van der Waals surface area (Å²) in [5.74, 6) is 0.987. The summed E-state index contributed by atoms with van der Waals surface area (Å²) >= 11 is 3.48.